The van der Waals surface area contributed by atoms with Gasteiger partial charge in [0.15, 0.2) is 0 Å². The van der Waals surface area contributed by atoms with E-state index in [2.05, 4.69) is 52.4 Å². The monoisotopic (exact) mass is 321 g/mol. The fourth-order valence-corrected chi connectivity index (χ4v) is 3.96. The maximum Gasteiger partial charge on any atom is 0.0178 e. The summed E-state index contributed by atoms with van der Waals surface area (Å²) < 4.78 is 1.21. The number of hydrogen-bond acceptors (Lipinski definition) is 1. The molecule has 2 heteroatoms. The maximum atomic E-state index is 3.88. The van der Waals surface area contributed by atoms with Gasteiger partial charge < -0.3 is 5.32 Å². The highest BCUT2D eigenvalue weighted by Gasteiger charge is 2.32. The summed E-state index contributed by atoms with van der Waals surface area (Å²) in [7, 11) is 0. The molecule has 0 heterocycles. The van der Waals surface area contributed by atoms with Crippen LogP contribution in [-0.4, -0.2) is 12.1 Å². The third kappa shape index (κ3) is 3.41. The maximum absolute atomic E-state index is 3.88. The van der Waals surface area contributed by atoms with E-state index in [1.807, 2.05) is 0 Å². The number of benzene rings is 1. The second-order valence-corrected chi connectivity index (χ2v) is 7.46. The smallest absolute Gasteiger partial charge is 0.0178 e. The average molecular weight is 322 g/mol. The van der Waals surface area contributed by atoms with Gasteiger partial charge in [0.1, 0.15) is 0 Å². The third-order valence-electron chi connectivity index (χ3n) is 4.95. The van der Waals surface area contributed by atoms with Gasteiger partial charge in [-0.25, -0.2) is 0 Å². The Bertz CT molecular complexity index is 417. The molecule has 0 amide bonds. The first kappa shape index (κ1) is 13.6. The summed E-state index contributed by atoms with van der Waals surface area (Å²) in [6.45, 7) is 2.39. The Hall–Kier alpha value is -0.340. The molecule has 2 saturated carbocycles. The van der Waals surface area contributed by atoms with Crippen LogP contribution in [0.5, 0.6) is 0 Å². The molecule has 1 aromatic rings. The number of hydrogen-bond donors (Lipinski definition) is 1. The van der Waals surface area contributed by atoms with Crippen molar-refractivity contribution in [1.29, 1.82) is 0 Å². The van der Waals surface area contributed by atoms with Crippen molar-refractivity contribution < 1.29 is 0 Å². The van der Waals surface area contributed by atoms with Gasteiger partial charge in [-0.3, -0.25) is 0 Å². The molecule has 1 aromatic carbocycles. The first-order valence-corrected chi connectivity index (χ1v) is 8.51. The van der Waals surface area contributed by atoms with E-state index in [0.717, 1.165) is 23.9 Å². The van der Waals surface area contributed by atoms with Crippen LogP contribution in [0.3, 0.4) is 0 Å². The Balaban J connectivity index is 1.45. The van der Waals surface area contributed by atoms with Crippen molar-refractivity contribution in [2.45, 2.75) is 63.5 Å². The van der Waals surface area contributed by atoms with Gasteiger partial charge in [0.25, 0.3) is 0 Å². The van der Waals surface area contributed by atoms with Gasteiger partial charge in [-0.1, -0.05) is 35.0 Å². The lowest BCUT2D eigenvalue weighted by atomic mass is 9.75. The second kappa shape index (κ2) is 5.97. The summed E-state index contributed by atoms with van der Waals surface area (Å²) in [5.74, 6) is 1.73. The standard InChI is InChI=1S/C17H24BrN/c1-12-5-7-16(8-6-12)19-17-10-14(11-17)13-3-2-4-15(18)9-13/h2-4,9,12,14,16-17,19H,5-8,10-11H2,1H3. The minimum absolute atomic E-state index is 0.766. The van der Waals surface area contributed by atoms with Crippen LogP contribution in [0.4, 0.5) is 0 Å². The Labute approximate surface area is 125 Å². The predicted molar refractivity (Wildman–Crippen MR) is 84.5 cm³/mol. The molecule has 0 aliphatic heterocycles. The van der Waals surface area contributed by atoms with Gasteiger partial charge in [-0.2, -0.15) is 0 Å². The Kier molecular flexibility index (Phi) is 4.28. The molecule has 2 aliphatic carbocycles. The van der Waals surface area contributed by atoms with Gasteiger partial charge in [-0.05, 0) is 68.1 Å². The molecule has 104 valence electrons. The number of halogens is 1. The Morgan fingerprint density at radius 3 is 2.47 bits per heavy atom. The van der Waals surface area contributed by atoms with E-state index in [-0.39, 0.29) is 0 Å². The van der Waals surface area contributed by atoms with Crippen molar-refractivity contribution in [2.75, 3.05) is 0 Å². The number of rotatable bonds is 3. The van der Waals surface area contributed by atoms with Crippen LogP contribution < -0.4 is 5.32 Å². The molecule has 0 aromatic heterocycles. The molecule has 0 unspecified atom stereocenters. The highest BCUT2D eigenvalue weighted by Crippen LogP contribution is 2.38. The van der Waals surface area contributed by atoms with Gasteiger partial charge in [0.2, 0.25) is 0 Å². The van der Waals surface area contributed by atoms with Crippen molar-refractivity contribution in [1.82, 2.24) is 5.32 Å². The zero-order valence-corrected chi connectivity index (χ0v) is 13.3. The van der Waals surface area contributed by atoms with Crippen LogP contribution in [0, 0.1) is 5.92 Å². The van der Waals surface area contributed by atoms with Crippen LogP contribution in [-0.2, 0) is 0 Å². The molecular weight excluding hydrogens is 298 g/mol. The van der Waals surface area contributed by atoms with E-state index >= 15 is 0 Å². The topological polar surface area (TPSA) is 12.0 Å². The van der Waals surface area contributed by atoms with Gasteiger partial charge in [0, 0.05) is 16.6 Å². The molecule has 3 rings (SSSR count). The van der Waals surface area contributed by atoms with Crippen molar-refractivity contribution in [2.24, 2.45) is 5.92 Å². The molecule has 0 radical (unpaired) electrons. The van der Waals surface area contributed by atoms with Crippen LogP contribution in [0.2, 0.25) is 0 Å². The van der Waals surface area contributed by atoms with E-state index in [9.17, 15) is 0 Å². The summed E-state index contributed by atoms with van der Waals surface area (Å²) in [5.41, 5.74) is 1.50. The van der Waals surface area contributed by atoms with Gasteiger partial charge in [0.05, 0.1) is 0 Å². The molecule has 0 spiro atoms. The fraction of sp³-hybridized carbons (Fsp3) is 0.647. The minimum atomic E-state index is 0.766. The van der Waals surface area contributed by atoms with E-state index in [1.165, 1.54) is 48.6 Å². The highest BCUT2D eigenvalue weighted by molar-refractivity contribution is 9.10. The lowest BCUT2D eigenvalue weighted by molar-refractivity contribution is 0.221. The lowest BCUT2D eigenvalue weighted by Gasteiger charge is -2.40. The van der Waals surface area contributed by atoms with Crippen LogP contribution in [0.15, 0.2) is 28.7 Å². The molecule has 0 bridgehead atoms. The molecule has 19 heavy (non-hydrogen) atoms. The molecule has 0 saturated heterocycles. The number of nitrogens with one attached hydrogen (secondary N) is 1. The second-order valence-electron chi connectivity index (χ2n) is 6.54. The van der Waals surface area contributed by atoms with Gasteiger partial charge >= 0.3 is 0 Å². The molecule has 0 atom stereocenters. The highest BCUT2D eigenvalue weighted by atomic mass is 79.9. The first-order valence-electron chi connectivity index (χ1n) is 7.72. The fourth-order valence-electron chi connectivity index (χ4n) is 3.55. The zero-order valence-electron chi connectivity index (χ0n) is 11.7. The summed E-state index contributed by atoms with van der Waals surface area (Å²) in [6.07, 6.45) is 8.25. The van der Waals surface area contributed by atoms with E-state index in [4.69, 9.17) is 0 Å². The van der Waals surface area contributed by atoms with Crippen LogP contribution >= 0.6 is 15.9 Å². The van der Waals surface area contributed by atoms with E-state index in [0.29, 0.717) is 0 Å². The SMILES string of the molecule is CC1CCC(NC2CC(c3cccc(Br)c3)C2)CC1. The normalized spacial score (nSPS) is 34.8. The summed E-state index contributed by atoms with van der Waals surface area (Å²) in [4.78, 5) is 0. The predicted octanol–water partition coefficient (Wildman–Crippen LogP) is 4.86. The molecule has 1 N–H and O–H groups in total. The van der Waals surface area contributed by atoms with Crippen molar-refractivity contribution >= 4 is 15.9 Å². The summed E-state index contributed by atoms with van der Waals surface area (Å²) in [6, 6.07) is 10.4. The van der Waals surface area contributed by atoms with Crippen molar-refractivity contribution in [3.63, 3.8) is 0 Å². The van der Waals surface area contributed by atoms with E-state index in [1.54, 1.807) is 0 Å². The first-order chi connectivity index (χ1) is 9.20. The Morgan fingerprint density at radius 2 is 1.79 bits per heavy atom. The third-order valence-corrected chi connectivity index (χ3v) is 5.44. The summed E-state index contributed by atoms with van der Waals surface area (Å²) >= 11 is 3.57. The van der Waals surface area contributed by atoms with Crippen LogP contribution in [0.25, 0.3) is 0 Å². The Morgan fingerprint density at radius 1 is 1.05 bits per heavy atom. The average Bonchev–Trinajstić information content (AvgIpc) is 2.35. The van der Waals surface area contributed by atoms with Crippen molar-refractivity contribution in [3.8, 4) is 0 Å². The minimum Gasteiger partial charge on any atom is -0.311 e. The largest absolute Gasteiger partial charge is 0.311 e. The molecular formula is C17H24BrN. The zero-order chi connectivity index (χ0) is 13.2. The molecule has 2 fully saturated rings. The van der Waals surface area contributed by atoms with Gasteiger partial charge in [-0.15, -0.1) is 0 Å². The molecule has 2 aliphatic rings. The van der Waals surface area contributed by atoms with Crippen LogP contribution in [0.1, 0.15) is 56.9 Å². The molecule has 1 nitrogen and oxygen atoms in total. The van der Waals surface area contributed by atoms with Crippen molar-refractivity contribution in [3.05, 3.63) is 34.3 Å². The quantitative estimate of drug-likeness (QED) is 0.838. The lowest BCUT2D eigenvalue weighted by Crippen LogP contribution is -2.46. The van der Waals surface area contributed by atoms with E-state index < -0.39 is 0 Å². The summed E-state index contributed by atoms with van der Waals surface area (Å²) in [5, 5.41) is 3.88.